The molecule has 17 heavy (non-hydrogen) atoms. The van der Waals surface area contributed by atoms with E-state index in [-0.39, 0.29) is 13.1 Å². The summed E-state index contributed by atoms with van der Waals surface area (Å²) in [5, 5.41) is 18.1. The van der Waals surface area contributed by atoms with Crippen molar-refractivity contribution in [2.45, 2.75) is 13.1 Å². The maximum Gasteiger partial charge on any atom is 0.312 e. The first-order valence-electron chi connectivity index (χ1n) is 5.03. The van der Waals surface area contributed by atoms with E-state index in [0.29, 0.717) is 18.9 Å². The average Bonchev–Trinajstić information content (AvgIpc) is 2.81. The Morgan fingerprint density at radius 3 is 3.12 bits per heavy atom. The fourth-order valence-corrected chi connectivity index (χ4v) is 1.58. The zero-order valence-electron chi connectivity index (χ0n) is 8.96. The lowest BCUT2D eigenvalue weighted by atomic mass is 10.3. The molecule has 2 amide bonds. The van der Waals surface area contributed by atoms with Gasteiger partial charge in [0.2, 0.25) is 0 Å². The van der Waals surface area contributed by atoms with Gasteiger partial charge in [0.05, 0.1) is 12.6 Å². The van der Waals surface area contributed by atoms with E-state index in [0.717, 1.165) is 0 Å². The highest BCUT2D eigenvalue weighted by Gasteiger charge is 2.26. The second kappa shape index (κ2) is 4.61. The van der Waals surface area contributed by atoms with Gasteiger partial charge in [0.25, 0.3) is 0 Å². The summed E-state index contributed by atoms with van der Waals surface area (Å²) in [7, 11) is 0. The van der Waals surface area contributed by atoms with Crippen molar-refractivity contribution in [2.24, 2.45) is 0 Å². The van der Waals surface area contributed by atoms with E-state index in [9.17, 15) is 9.59 Å². The zero-order valence-corrected chi connectivity index (χ0v) is 8.96. The Kier molecular flexibility index (Phi) is 3.00. The molecule has 1 aromatic heterocycles. The van der Waals surface area contributed by atoms with Gasteiger partial charge in [0.15, 0.2) is 5.82 Å². The standard InChI is InChI=1S/C9H10N6O2/c10-1-2-11-8(16)9(17)14-3-4-15-6-12-13-7(15)5-14/h6H,2-5H2,(H,11,16). The van der Waals surface area contributed by atoms with Crippen LogP contribution in [0, 0.1) is 11.3 Å². The molecule has 2 rings (SSSR count). The third-order valence-electron chi connectivity index (χ3n) is 2.45. The van der Waals surface area contributed by atoms with Crippen LogP contribution >= 0.6 is 0 Å². The van der Waals surface area contributed by atoms with Crippen LogP contribution in [0.3, 0.4) is 0 Å². The van der Waals surface area contributed by atoms with Gasteiger partial charge in [-0.25, -0.2) is 0 Å². The molecule has 0 unspecified atom stereocenters. The van der Waals surface area contributed by atoms with Crippen LogP contribution in [0.5, 0.6) is 0 Å². The molecule has 0 fully saturated rings. The van der Waals surface area contributed by atoms with Crippen molar-refractivity contribution in [3.05, 3.63) is 12.2 Å². The number of amides is 2. The number of nitrogens with one attached hydrogen (secondary N) is 1. The normalized spacial score (nSPS) is 13.7. The minimum Gasteiger partial charge on any atom is -0.335 e. The van der Waals surface area contributed by atoms with Gasteiger partial charge in [-0.05, 0) is 0 Å². The highest BCUT2D eigenvalue weighted by atomic mass is 16.2. The summed E-state index contributed by atoms with van der Waals surface area (Å²) in [4.78, 5) is 24.4. The number of aromatic nitrogens is 3. The Hall–Kier alpha value is -2.43. The molecule has 0 spiro atoms. The molecule has 1 N–H and O–H groups in total. The van der Waals surface area contributed by atoms with Gasteiger partial charge in [-0.2, -0.15) is 5.26 Å². The Morgan fingerprint density at radius 1 is 1.53 bits per heavy atom. The highest BCUT2D eigenvalue weighted by molar-refractivity contribution is 6.35. The first-order valence-corrected chi connectivity index (χ1v) is 5.03. The molecule has 0 aromatic carbocycles. The number of rotatable bonds is 1. The summed E-state index contributed by atoms with van der Waals surface area (Å²) in [6.07, 6.45) is 1.59. The monoisotopic (exact) mass is 234 g/mol. The molecule has 1 aliphatic heterocycles. The number of carbonyl (C=O) groups excluding carboxylic acids is 2. The number of hydrogen-bond acceptors (Lipinski definition) is 5. The van der Waals surface area contributed by atoms with Crippen molar-refractivity contribution >= 4 is 11.8 Å². The van der Waals surface area contributed by atoms with Crippen LogP contribution in [-0.4, -0.2) is 44.6 Å². The van der Waals surface area contributed by atoms with Crippen molar-refractivity contribution in [3.63, 3.8) is 0 Å². The number of carbonyl (C=O) groups is 2. The summed E-state index contributed by atoms with van der Waals surface area (Å²) < 4.78 is 1.83. The van der Waals surface area contributed by atoms with Crippen molar-refractivity contribution in [1.29, 1.82) is 5.26 Å². The lowest BCUT2D eigenvalue weighted by Crippen LogP contribution is -2.46. The van der Waals surface area contributed by atoms with E-state index in [1.165, 1.54) is 4.90 Å². The molecule has 0 bridgehead atoms. The summed E-state index contributed by atoms with van der Waals surface area (Å²) in [5.41, 5.74) is 0. The Morgan fingerprint density at radius 2 is 2.35 bits per heavy atom. The largest absolute Gasteiger partial charge is 0.335 e. The summed E-state index contributed by atoms with van der Waals surface area (Å²) in [6, 6.07) is 1.74. The van der Waals surface area contributed by atoms with Gasteiger partial charge in [-0.3, -0.25) is 9.59 Å². The quantitative estimate of drug-likeness (QED) is 0.459. The van der Waals surface area contributed by atoms with E-state index >= 15 is 0 Å². The molecule has 0 radical (unpaired) electrons. The van der Waals surface area contributed by atoms with Crippen LogP contribution in [-0.2, 0) is 22.7 Å². The lowest BCUT2D eigenvalue weighted by Gasteiger charge is -2.26. The molecule has 2 heterocycles. The Labute approximate surface area is 96.8 Å². The van der Waals surface area contributed by atoms with Crippen LogP contribution < -0.4 is 5.32 Å². The number of hydrogen-bond donors (Lipinski definition) is 1. The molecule has 0 saturated carbocycles. The predicted octanol–water partition coefficient (Wildman–Crippen LogP) is -1.74. The van der Waals surface area contributed by atoms with Gasteiger partial charge in [0.1, 0.15) is 12.9 Å². The van der Waals surface area contributed by atoms with Crippen LogP contribution in [0.15, 0.2) is 6.33 Å². The predicted molar refractivity (Wildman–Crippen MR) is 54.1 cm³/mol. The fourth-order valence-electron chi connectivity index (χ4n) is 1.58. The van der Waals surface area contributed by atoms with E-state index in [4.69, 9.17) is 5.26 Å². The number of fused-ring (bicyclic) bond motifs is 1. The summed E-state index contributed by atoms with van der Waals surface area (Å²) in [5.74, 6) is -0.758. The van der Waals surface area contributed by atoms with Crippen LogP contribution in [0.2, 0.25) is 0 Å². The van der Waals surface area contributed by atoms with Gasteiger partial charge in [0, 0.05) is 13.1 Å². The van der Waals surface area contributed by atoms with Crippen LogP contribution in [0.25, 0.3) is 0 Å². The van der Waals surface area contributed by atoms with Crippen LogP contribution in [0.4, 0.5) is 0 Å². The third kappa shape index (κ3) is 2.23. The van der Waals surface area contributed by atoms with Crippen molar-refractivity contribution in [2.75, 3.05) is 13.1 Å². The summed E-state index contributed by atoms with van der Waals surface area (Å²) in [6.45, 7) is 1.09. The molecule has 8 heteroatoms. The lowest BCUT2D eigenvalue weighted by molar-refractivity contribution is -0.146. The van der Waals surface area contributed by atoms with E-state index in [1.54, 1.807) is 12.4 Å². The van der Waals surface area contributed by atoms with E-state index < -0.39 is 11.8 Å². The smallest absolute Gasteiger partial charge is 0.312 e. The van der Waals surface area contributed by atoms with Gasteiger partial charge < -0.3 is 14.8 Å². The average molecular weight is 234 g/mol. The van der Waals surface area contributed by atoms with Gasteiger partial charge >= 0.3 is 11.8 Å². The maximum atomic E-state index is 11.7. The zero-order chi connectivity index (χ0) is 12.3. The van der Waals surface area contributed by atoms with Crippen LogP contribution in [0.1, 0.15) is 5.82 Å². The van der Waals surface area contributed by atoms with Crippen molar-refractivity contribution < 1.29 is 9.59 Å². The molecule has 0 saturated heterocycles. The third-order valence-corrected chi connectivity index (χ3v) is 2.45. The molecule has 0 atom stereocenters. The van der Waals surface area contributed by atoms with Crippen molar-refractivity contribution in [1.82, 2.24) is 25.0 Å². The molecule has 8 nitrogen and oxygen atoms in total. The molecule has 1 aromatic rings. The van der Waals surface area contributed by atoms with Gasteiger partial charge in [-0.15, -0.1) is 10.2 Å². The first-order chi connectivity index (χ1) is 8.22. The second-order valence-corrected chi connectivity index (χ2v) is 3.51. The molecule has 88 valence electrons. The minimum atomic E-state index is -0.764. The number of nitrogens with zero attached hydrogens (tertiary/aromatic N) is 5. The highest BCUT2D eigenvalue weighted by Crippen LogP contribution is 2.08. The number of nitriles is 1. The first kappa shape index (κ1) is 11.1. The molecule has 0 aliphatic carbocycles. The maximum absolute atomic E-state index is 11.7. The van der Waals surface area contributed by atoms with Crippen molar-refractivity contribution in [3.8, 4) is 6.07 Å². The topological polar surface area (TPSA) is 104 Å². The fraction of sp³-hybridized carbons (Fsp3) is 0.444. The van der Waals surface area contributed by atoms with E-state index in [1.807, 2.05) is 4.57 Å². The SMILES string of the molecule is N#CCNC(=O)C(=O)N1CCn2cnnc2C1. The minimum absolute atomic E-state index is 0.172. The summed E-state index contributed by atoms with van der Waals surface area (Å²) >= 11 is 0. The Balaban J connectivity index is 1.99. The second-order valence-electron chi connectivity index (χ2n) is 3.51. The molecular weight excluding hydrogens is 224 g/mol. The molecular formula is C9H10N6O2. The van der Waals surface area contributed by atoms with Gasteiger partial charge in [-0.1, -0.05) is 0 Å². The molecule has 1 aliphatic rings. The van der Waals surface area contributed by atoms with E-state index in [2.05, 4.69) is 15.5 Å². The Bertz CT molecular complexity index is 488.